The molecule has 0 atom stereocenters. The van der Waals surface area contributed by atoms with Crippen LogP contribution in [0.25, 0.3) is 43.8 Å². The van der Waals surface area contributed by atoms with E-state index in [-0.39, 0.29) is 50.5 Å². The van der Waals surface area contributed by atoms with Gasteiger partial charge in [0.25, 0.3) is 0 Å². The van der Waals surface area contributed by atoms with Gasteiger partial charge in [0.05, 0.1) is 0 Å². The summed E-state index contributed by atoms with van der Waals surface area (Å²) in [5.74, 6) is 1.15. The molecule has 0 spiro atoms. The van der Waals surface area contributed by atoms with Crippen LogP contribution in [0.5, 0.6) is 0 Å². The van der Waals surface area contributed by atoms with Gasteiger partial charge in [0.15, 0.2) is 0 Å². The monoisotopic (exact) mass is 798 g/mol. The first kappa shape index (κ1) is 47.8. The van der Waals surface area contributed by atoms with Crippen LogP contribution < -0.4 is 0 Å². The van der Waals surface area contributed by atoms with Crippen LogP contribution in [-0.4, -0.2) is 6.88 Å². The van der Waals surface area contributed by atoms with Crippen molar-refractivity contribution < 1.29 is 23.3 Å². The number of halogens is 2. The van der Waals surface area contributed by atoms with Crippen molar-refractivity contribution >= 4 is 53.2 Å². The molecule has 0 bridgehead atoms. The summed E-state index contributed by atoms with van der Waals surface area (Å²) in [7, 11) is 0. The Morgan fingerprint density at radius 3 is 1.06 bits per heavy atom. The van der Waals surface area contributed by atoms with E-state index in [0.29, 0.717) is 11.8 Å². The Morgan fingerprint density at radius 1 is 0.500 bits per heavy atom. The fourth-order valence-electron chi connectivity index (χ4n) is 5.99. The first-order valence-electron chi connectivity index (χ1n) is 16.6. The molecule has 0 nitrogen and oxygen atoms in total. The first-order chi connectivity index (χ1) is 21.7. The predicted octanol–water partition coefficient (Wildman–Crippen LogP) is 14.7. The third kappa shape index (κ3) is 11.4. The van der Waals surface area contributed by atoms with Crippen LogP contribution in [0.2, 0.25) is 0 Å². The van der Waals surface area contributed by atoms with Crippen molar-refractivity contribution in [2.45, 2.75) is 91.9 Å². The van der Waals surface area contributed by atoms with Gasteiger partial charge in [0.1, 0.15) is 0 Å². The third-order valence-corrected chi connectivity index (χ3v) is 9.00. The summed E-state index contributed by atoms with van der Waals surface area (Å²) in [6.45, 7) is 25.6. The van der Waals surface area contributed by atoms with Gasteiger partial charge < -0.3 is 14.9 Å². The van der Waals surface area contributed by atoms with Crippen molar-refractivity contribution in [1.29, 1.82) is 0 Å². The van der Waals surface area contributed by atoms with Gasteiger partial charge >= 0.3 is 30.2 Å². The third-order valence-electron chi connectivity index (χ3n) is 9.00. The zero-order chi connectivity index (χ0) is 33.8. The molecule has 268 valence electrons. The Labute approximate surface area is 334 Å². The molecule has 0 aliphatic heterocycles. The molecule has 6 aromatic rings. The summed E-state index contributed by atoms with van der Waals surface area (Å²) in [5.41, 5.74) is 11.3. The maximum absolute atomic E-state index is 3.06. The van der Waals surface area contributed by atoms with E-state index >= 15 is 0 Å². The van der Waals surface area contributed by atoms with Crippen molar-refractivity contribution in [1.82, 2.24) is 0 Å². The minimum atomic E-state index is 0. The van der Waals surface area contributed by atoms with E-state index in [1.165, 1.54) is 89.4 Å². The summed E-state index contributed by atoms with van der Waals surface area (Å²) >= 11 is 1.36. The molecule has 0 saturated heterocycles. The summed E-state index contributed by atoms with van der Waals surface area (Å²) in [4.78, 5) is 0. The topological polar surface area (TPSA) is 0 Å². The molecule has 50 heavy (non-hydrogen) atoms. The molecule has 0 saturated carbocycles. The van der Waals surface area contributed by atoms with Crippen LogP contribution in [-0.2, 0) is 34.2 Å². The van der Waals surface area contributed by atoms with E-state index in [1.807, 2.05) is 0 Å². The average Bonchev–Trinajstić information content (AvgIpc) is 3.67. The van der Waals surface area contributed by atoms with Gasteiger partial charge in [-0.2, -0.15) is 12.1 Å². The van der Waals surface area contributed by atoms with E-state index in [4.69, 9.17) is 0 Å². The van der Waals surface area contributed by atoms with Crippen molar-refractivity contribution in [3.63, 3.8) is 0 Å². The van der Waals surface area contributed by atoms with Gasteiger partial charge in [0, 0.05) is 0 Å². The molecule has 0 N–H and O–H groups in total. The van der Waals surface area contributed by atoms with Crippen LogP contribution in [0.3, 0.4) is 0 Å². The van der Waals surface area contributed by atoms with Crippen molar-refractivity contribution in [2.75, 3.05) is 0 Å². The number of benzene rings is 4. The fourth-order valence-corrected chi connectivity index (χ4v) is 5.99. The predicted molar refractivity (Wildman–Crippen MR) is 229 cm³/mol. The second-order valence-electron chi connectivity index (χ2n) is 15.2. The molecule has 2 radical (unpaired) electrons. The van der Waals surface area contributed by atoms with Gasteiger partial charge in [-0.25, -0.2) is 0 Å². The van der Waals surface area contributed by atoms with Gasteiger partial charge in [0.2, 0.25) is 0 Å². The summed E-state index contributed by atoms with van der Waals surface area (Å²) in [6, 6.07) is 40.7. The van der Waals surface area contributed by atoms with E-state index in [0.717, 1.165) is 0 Å². The van der Waals surface area contributed by atoms with Gasteiger partial charge in [-0.15, -0.1) is 93.9 Å². The van der Waals surface area contributed by atoms with Crippen molar-refractivity contribution in [2.24, 2.45) is 0 Å². The molecule has 0 aromatic heterocycles. The van der Waals surface area contributed by atoms with Crippen molar-refractivity contribution in [3.8, 4) is 22.3 Å². The Kier molecular flexibility index (Phi) is 19.2. The molecule has 6 aromatic carbocycles. The fraction of sp³-hybridized carbons (Fsp3) is 0.304. The summed E-state index contributed by atoms with van der Waals surface area (Å²) < 4.78 is 0. The first-order valence-corrected chi connectivity index (χ1v) is 20.8. The van der Waals surface area contributed by atoms with Crippen LogP contribution in [0, 0.1) is 14.9 Å². The molecule has 0 heterocycles. The van der Waals surface area contributed by atoms with E-state index in [2.05, 4.69) is 185 Å². The molecule has 0 fully saturated rings. The number of fused-ring (bicyclic) bond motifs is 2. The SMILES string of the molecule is CC(C)c1cc2c(-c3ccc(C(C)(C)C)cc3)cccc2[cH-]1.CC(C)c1cc2c(-c3ccc(C(C)(C)C)cc3)cccc2[cH-]1.Cl.Cl.[CH3-].[CH3-].[Si]=[Zr]. The normalized spacial score (nSPS) is 10.9. The molecule has 0 aliphatic carbocycles. The Hall–Kier alpha value is -2.22. The van der Waals surface area contributed by atoms with E-state index in [9.17, 15) is 0 Å². The number of hydrogen-bond donors (Lipinski definition) is 0. The van der Waals surface area contributed by atoms with Gasteiger partial charge in [-0.3, -0.25) is 0 Å². The van der Waals surface area contributed by atoms with E-state index in [1.54, 1.807) is 0 Å². The molecule has 0 aliphatic rings. The summed E-state index contributed by atoms with van der Waals surface area (Å²) in [5, 5.41) is 5.44. The van der Waals surface area contributed by atoms with Gasteiger partial charge in [-0.1, -0.05) is 141 Å². The maximum atomic E-state index is 3.06. The molecular weight excluding hydrogens is 743 g/mol. The second kappa shape index (κ2) is 20.1. The minimum absolute atomic E-state index is 0. The number of hydrogen-bond acceptors (Lipinski definition) is 0. The standard InChI is InChI=1S/2C22H25.2CH3.2ClH.Si.Zr/c2*1-15(2)18-13-17-7-6-8-20(21(17)14-18)16-9-11-19(12-10-16)22(3,4)5;;;;;;/h2*6-15H,1-5H3;2*1H3;2*1H;;/q4*-1;;;;. The van der Waals surface area contributed by atoms with Crippen molar-refractivity contribution in [3.05, 3.63) is 146 Å². The van der Waals surface area contributed by atoms with E-state index < -0.39 is 0 Å². The molecular formula is C46H58Cl2SiZr-4. The Bertz CT molecular complexity index is 1740. The zero-order valence-corrected chi connectivity index (χ0v) is 37.5. The number of rotatable bonds is 4. The Balaban J connectivity index is 0.000000850. The summed E-state index contributed by atoms with van der Waals surface area (Å²) in [6.07, 6.45) is 0. The second-order valence-corrected chi connectivity index (χ2v) is 15.2. The van der Waals surface area contributed by atoms with Crippen LogP contribution in [0.15, 0.2) is 109 Å². The van der Waals surface area contributed by atoms with Gasteiger partial charge in [-0.05, 0) is 44.9 Å². The zero-order valence-electron chi connectivity index (χ0n) is 32.4. The molecule has 0 unspecified atom stereocenters. The van der Waals surface area contributed by atoms with Crippen LogP contribution >= 0.6 is 24.8 Å². The molecule has 6 rings (SSSR count). The average molecular weight is 801 g/mol. The Morgan fingerprint density at radius 2 is 0.800 bits per heavy atom. The van der Waals surface area contributed by atoms with Crippen LogP contribution in [0.4, 0.5) is 0 Å². The quantitative estimate of drug-likeness (QED) is 0.123. The molecule has 0 amide bonds. The molecule has 4 heteroatoms. The van der Waals surface area contributed by atoms with Crippen LogP contribution in [0.1, 0.15) is 103 Å².